The number of likely N-dealkylation sites (tertiary alicyclic amines) is 1. The first-order valence-corrected chi connectivity index (χ1v) is 16.4. The lowest BCUT2D eigenvalue weighted by atomic mass is 9.63. The van der Waals surface area contributed by atoms with Crippen LogP contribution in [-0.4, -0.2) is 74.7 Å². The standard InChI is InChI=1S/C37H43N3O5/c1-2-24-45-36(43)37(27-10-4-3-5-11-27)19-16-30(29-12-6-8-14-32(29)37)35(42)40-20-17-28(18-21-40)38-34(41)31-13-7-9-15-33(31)39-22-25-44-26-23-39/h3-15,28,30H,2,16-26H2,1H3,(H,38,41)/t30-,37+/m1/s1. The van der Waals surface area contributed by atoms with Gasteiger partial charge in [0.2, 0.25) is 5.91 Å². The number of rotatable bonds is 8. The van der Waals surface area contributed by atoms with Crippen LogP contribution in [-0.2, 0) is 24.5 Å². The summed E-state index contributed by atoms with van der Waals surface area (Å²) in [7, 11) is 0. The molecule has 3 aromatic rings. The maximum Gasteiger partial charge on any atom is 0.321 e. The minimum absolute atomic E-state index is 0.00277. The van der Waals surface area contributed by atoms with Crippen LogP contribution in [0.25, 0.3) is 0 Å². The van der Waals surface area contributed by atoms with Crippen molar-refractivity contribution in [2.75, 3.05) is 50.9 Å². The van der Waals surface area contributed by atoms with Gasteiger partial charge in [0.15, 0.2) is 0 Å². The number of carbonyl (C=O) groups is 3. The molecule has 3 aromatic carbocycles. The van der Waals surface area contributed by atoms with Gasteiger partial charge in [-0.15, -0.1) is 0 Å². The first-order valence-electron chi connectivity index (χ1n) is 16.4. The van der Waals surface area contributed by atoms with Crippen molar-refractivity contribution in [2.45, 2.75) is 56.4 Å². The van der Waals surface area contributed by atoms with Crippen LogP contribution in [0, 0.1) is 0 Å². The van der Waals surface area contributed by atoms with Gasteiger partial charge in [0.25, 0.3) is 5.91 Å². The van der Waals surface area contributed by atoms with Crippen molar-refractivity contribution in [3.05, 3.63) is 101 Å². The van der Waals surface area contributed by atoms with E-state index in [0.29, 0.717) is 64.2 Å². The van der Waals surface area contributed by atoms with Gasteiger partial charge < -0.3 is 24.6 Å². The fourth-order valence-corrected chi connectivity index (χ4v) is 7.24. The highest BCUT2D eigenvalue weighted by atomic mass is 16.5. The van der Waals surface area contributed by atoms with E-state index in [9.17, 15) is 14.4 Å². The number of fused-ring (bicyclic) bond motifs is 1. The first kappa shape index (κ1) is 30.8. The summed E-state index contributed by atoms with van der Waals surface area (Å²) >= 11 is 0. The van der Waals surface area contributed by atoms with Crippen LogP contribution in [0.15, 0.2) is 78.9 Å². The van der Waals surface area contributed by atoms with Crippen LogP contribution in [0.2, 0.25) is 0 Å². The number of morpholine rings is 1. The number of amides is 2. The zero-order valence-corrected chi connectivity index (χ0v) is 26.1. The number of nitrogens with one attached hydrogen (secondary N) is 1. The van der Waals surface area contributed by atoms with Crippen molar-refractivity contribution in [1.29, 1.82) is 0 Å². The Morgan fingerprint density at radius 2 is 1.56 bits per heavy atom. The number of anilines is 1. The molecule has 8 nitrogen and oxygen atoms in total. The Labute approximate surface area is 265 Å². The monoisotopic (exact) mass is 609 g/mol. The summed E-state index contributed by atoms with van der Waals surface area (Å²) in [5, 5.41) is 3.24. The minimum Gasteiger partial charge on any atom is -0.465 e. The molecule has 6 rings (SSSR count). The SMILES string of the molecule is CCCOC(=O)[C@]1(c2ccccc2)CC[C@@H](C(=O)N2CCC(NC(=O)c3ccccc3N3CCOCC3)CC2)c2ccccc21. The second-order valence-electron chi connectivity index (χ2n) is 12.3. The predicted molar refractivity (Wildman–Crippen MR) is 173 cm³/mol. The van der Waals surface area contributed by atoms with E-state index in [0.717, 1.165) is 41.9 Å². The maximum absolute atomic E-state index is 14.1. The van der Waals surface area contributed by atoms with Crippen LogP contribution < -0.4 is 10.2 Å². The van der Waals surface area contributed by atoms with E-state index in [1.54, 1.807) is 0 Å². The molecule has 0 spiro atoms. The molecule has 45 heavy (non-hydrogen) atoms. The normalized spacial score (nSPS) is 21.9. The number of hydrogen-bond acceptors (Lipinski definition) is 6. The van der Waals surface area contributed by atoms with E-state index < -0.39 is 5.41 Å². The van der Waals surface area contributed by atoms with Gasteiger partial charge in [0, 0.05) is 37.9 Å². The van der Waals surface area contributed by atoms with Crippen molar-refractivity contribution in [1.82, 2.24) is 10.2 Å². The topological polar surface area (TPSA) is 88.2 Å². The summed E-state index contributed by atoms with van der Waals surface area (Å²) in [4.78, 5) is 45.4. The molecular weight excluding hydrogens is 566 g/mol. The van der Waals surface area contributed by atoms with Gasteiger partial charge in [-0.1, -0.05) is 73.7 Å². The van der Waals surface area contributed by atoms with Gasteiger partial charge in [0.1, 0.15) is 5.41 Å². The second-order valence-corrected chi connectivity index (χ2v) is 12.3. The van der Waals surface area contributed by atoms with Gasteiger partial charge in [-0.25, -0.2) is 0 Å². The Balaban J connectivity index is 1.15. The van der Waals surface area contributed by atoms with E-state index in [1.807, 2.05) is 90.7 Å². The number of nitrogens with zero attached hydrogens (tertiary/aromatic N) is 2. The average Bonchev–Trinajstić information content (AvgIpc) is 3.11. The Kier molecular flexibility index (Phi) is 9.50. The third kappa shape index (κ3) is 6.21. The Bertz CT molecular complexity index is 1500. The second kappa shape index (κ2) is 13.9. The number of ether oxygens (including phenoxy) is 2. The highest BCUT2D eigenvalue weighted by molar-refractivity contribution is 6.00. The third-order valence-electron chi connectivity index (χ3n) is 9.60. The van der Waals surface area contributed by atoms with Crippen LogP contribution in [0.3, 0.4) is 0 Å². The van der Waals surface area contributed by atoms with Gasteiger partial charge in [-0.3, -0.25) is 14.4 Å². The zero-order valence-electron chi connectivity index (χ0n) is 26.1. The Morgan fingerprint density at radius 3 is 2.31 bits per heavy atom. The molecular formula is C37H43N3O5. The molecule has 0 unspecified atom stereocenters. The number of esters is 1. The lowest BCUT2D eigenvalue weighted by Gasteiger charge is -2.42. The molecule has 2 saturated heterocycles. The molecule has 0 bridgehead atoms. The highest BCUT2D eigenvalue weighted by Gasteiger charge is 2.50. The molecule has 2 heterocycles. The molecule has 236 valence electrons. The molecule has 2 aliphatic heterocycles. The zero-order chi connectivity index (χ0) is 31.2. The third-order valence-corrected chi connectivity index (χ3v) is 9.60. The molecule has 0 aromatic heterocycles. The molecule has 2 fully saturated rings. The van der Waals surface area contributed by atoms with Crippen molar-refractivity contribution in [2.24, 2.45) is 0 Å². The van der Waals surface area contributed by atoms with Gasteiger partial charge in [0.05, 0.1) is 31.3 Å². The summed E-state index contributed by atoms with van der Waals surface area (Å²) in [6.45, 7) is 6.36. The lowest BCUT2D eigenvalue weighted by Crippen LogP contribution is -2.49. The largest absolute Gasteiger partial charge is 0.465 e. The number of hydrogen-bond donors (Lipinski definition) is 1. The maximum atomic E-state index is 14.1. The molecule has 2 atom stereocenters. The van der Waals surface area contributed by atoms with Crippen molar-refractivity contribution >= 4 is 23.5 Å². The first-order chi connectivity index (χ1) is 22.0. The fourth-order valence-electron chi connectivity index (χ4n) is 7.24. The molecule has 1 N–H and O–H groups in total. The van der Waals surface area contributed by atoms with E-state index in [4.69, 9.17) is 9.47 Å². The number of para-hydroxylation sites is 1. The number of carbonyl (C=O) groups excluding carboxylic acids is 3. The summed E-state index contributed by atoms with van der Waals surface area (Å²) in [5.41, 5.74) is 3.34. The molecule has 8 heteroatoms. The minimum atomic E-state index is -0.946. The smallest absolute Gasteiger partial charge is 0.321 e. The Hall–Kier alpha value is -4.17. The van der Waals surface area contributed by atoms with Crippen molar-refractivity contribution in [3.63, 3.8) is 0 Å². The highest BCUT2D eigenvalue weighted by Crippen LogP contribution is 2.48. The van der Waals surface area contributed by atoms with Crippen molar-refractivity contribution in [3.8, 4) is 0 Å². The molecule has 1 aliphatic carbocycles. The molecule has 2 amide bonds. The quantitative estimate of drug-likeness (QED) is 0.360. The van der Waals surface area contributed by atoms with Gasteiger partial charge in [-0.05, 0) is 60.9 Å². The van der Waals surface area contributed by atoms with Crippen LogP contribution >= 0.6 is 0 Å². The summed E-state index contributed by atoms with van der Waals surface area (Å²) in [6, 6.07) is 25.5. The molecule has 0 radical (unpaired) electrons. The molecule has 0 saturated carbocycles. The van der Waals surface area contributed by atoms with Gasteiger partial charge in [-0.2, -0.15) is 0 Å². The summed E-state index contributed by atoms with van der Waals surface area (Å²) < 4.78 is 11.3. The number of benzene rings is 3. The van der Waals surface area contributed by atoms with E-state index >= 15 is 0 Å². The van der Waals surface area contributed by atoms with E-state index in [-0.39, 0.29) is 29.7 Å². The van der Waals surface area contributed by atoms with E-state index in [1.165, 1.54) is 0 Å². The summed E-state index contributed by atoms with van der Waals surface area (Å²) in [6.07, 6.45) is 3.20. The van der Waals surface area contributed by atoms with E-state index in [2.05, 4.69) is 10.2 Å². The Morgan fingerprint density at radius 1 is 0.867 bits per heavy atom. The predicted octanol–water partition coefficient (Wildman–Crippen LogP) is 5.06. The summed E-state index contributed by atoms with van der Waals surface area (Å²) in [5.74, 6) is -0.562. The van der Waals surface area contributed by atoms with Gasteiger partial charge >= 0.3 is 5.97 Å². The average molecular weight is 610 g/mol. The molecule has 3 aliphatic rings. The van der Waals surface area contributed by atoms with Crippen LogP contribution in [0.1, 0.15) is 72.0 Å². The van der Waals surface area contributed by atoms with Crippen molar-refractivity contribution < 1.29 is 23.9 Å². The lowest BCUT2D eigenvalue weighted by molar-refractivity contribution is -0.150. The fraction of sp³-hybridized carbons (Fsp3) is 0.432. The number of piperidine rings is 1. The van der Waals surface area contributed by atoms with Crippen LogP contribution in [0.4, 0.5) is 5.69 Å². The van der Waals surface area contributed by atoms with Crippen LogP contribution in [0.5, 0.6) is 0 Å².